The van der Waals surface area contributed by atoms with Crippen molar-refractivity contribution >= 4 is 5.91 Å². The van der Waals surface area contributed by atoms with Crippen molar-refractivity contribution in [3.63, 3.8) is 0 Å². The Morgan fingerprint density at radius 2 is 2.17 bits per heavy atom. The zero-order valence-electron chi connectivity index (χ0n) is 12.9. The third-order valence-corrected chi connectivity index (χ3v) is 5.03. The molecule has 126 valence electrons. The van der Waals surface area contributed by atoms with Gasteiger partial charge in [-0.15, -0.1) is 0 Å². The van der Waals surface area contributed by atoms with E-state index in [1.807, 2.05) is 0 Å². The topological polar surface area (TPSA) is 49.8 Å². The fraction of sp³-hybridized carbons (Fsp3) is 0.588. The standard InChI is InChI=1S/C17H21F2NO3/c18-13-4-5-15(14(19)9-13)23-11-16(21)20-8-7-17(22)6-2-1-3-12(17)10-20/h4-5,9,12,22H,1-3,6-8,10-11H2/t12-,17-/m0/s1. The second-order valence-electron chi connectivity index (χ2n) is 6.50. The maximum absolute atomic E-state index is 13.5. The lowest BCUT2D eigenvalue weighted by Crippen LogP contribution is -2.55. The minimum Gasteiger partial charge on any atom is -0.481 e. The largest absolute Gasteiger partial charge is 0.481 e. The number of likely N-dealkylation sites (tertiary alicyclic amines) is 1. The smallest absolute Gasteiger partial charge is 0.260 e. The monoisotopic (exact) mass is 325 g/mol. The molecule has 1 amide bonds. The van der Waals surface area contributed by atoms with E-state index in [4.69, 9.17) is 4.74 Å². The molecule has 1 N–H and O–H groups in total. The first-order chi connectivity index (χ1) is 11.0. The maximum atomic E-state index is 13.5. The molecule has 1 heterocycles. The van der Waals surface area contributed by atoms with Crippen LogP contribution in [0.1, 0.15) is 32.1 Å². The third-order valence-electron chi connectivity index (χ3n) is 5.03. The Bertz CT molecular complexity index is 595. The lowest BCUT2D eigenvalue weighted by atomic mass is 9.71. The summed E-state index contributed by atoms with van der Waals surface area (Å²) in [5.41, 5.74) is -0.640. The van der Waals surface area contributed by atoms with Crippen LogP contribution in [0.5, 0.6) is 5.75 Å². The molecule has 2 atom stereocenters. The molecule has 0 spiro atoms. The second kappa shape index (κ2) is 6.43. The number of ether oxygens (including phenoxy) is 1. The fourth-order valence-corrected chi connectivity index (χ4v) is 3.62. The lowest BCUT2D eigenvalue weighted by molar-refractivity contribution is -0.145. The van der Waals surface area contributed by atoms with Gasteiger partial charge in [-0.2, -0.15) is 0 Å². The van der Waals surface area contributed by atoms with Crippen LogP contribution in [0.3, 0.4) is 0 Å². The molecule has 6 heteroatoms. The first-order valence-electron chi connectivity index (χ1n) is 8.06. The van der Waals surface area contributed by atoms with Crippen LogP contribution in [0.4, 0.5) is 8.78 Å². The summed E-state index contributed by atoms with van der Waals surface area (Å²) in [6, 6.07) is 2.99. The number of fused-ring (bicyclic) bond motifs is 1. The fourth-order valence-electron chi connectivity index (χ4n) is 3.62. The van der Waals surface area contributed by atoms with Crippen molar-refractivity contribution in [3.8, 4) is 5.75 Å². The van der Waals surface area contributed by atoms with Gasteiger partial charge in [-0.3, -0.25) is 4.79 Å². The van der Waals surface area contributed by atoms with Gasteiger partial charge in [0.25, 0.3) is 5.91 Å². The van der Waals surface area contributed by atoms with E-state index in [1.54, 1.807) is 4.90 Å². The molecule has 0 aromatic heterocycles. The average Bonchev–Trinajstić information content (AvgIpc) is 2.53. The first kappa shape index (κ1) is 16.2. The summed E-state index contributed by atoms with van der Waals surface area (Å²) in [7, 11) is 0. The maximum Gasteiger partial charge on any atom is 0.260 e. The molecule has 4 nitrogen and oxygen atoms in total. The first-order valence-corrected chi connectivity index (χ1v) is 8.06. The number of rotatable bonds is 3. The minimum atomic E-state index is -0.821. The number of carbonyl (C=O) groups excluding carboxylic acids is 1. The average molecular weight is 325 g/mol. The number of aliphatic hydroxyl groups is 1. The Balaban J connectivity index is 1.56. The van der Waals surface area contributed by atoms with Crippen molar-refractivity contribution in [1.82, 2.24) is 4.90 Å². The van der Waals surface area contributed by atoms with Gasteiger partial charge >= 0.3 is 0 Å². The summed E-state index contributed by atoms with van der Waals surface area (Å²) >= 11 is 0. The van der Waals surface area contributed by atoms with Crippen molar-refractivity contribution in [1.29, 1.82) is 0 Å². The Morgan fingerprint density at radius 1 is 1.35 bits per heavy atom. The summed E-state index contributed by atoms with van der Waals surface area (Å²) in [5.74, 6) is -1.77. The Labute approximate surface area is 134 Å². The number of amides is 1. The number of nitrogens with zero attached hydrogens (tertiary/aromatic N) is 1. The van der Waals surface area contributed by atoms with Crippen LogP contribution in [0, 0.1) is 17.6 Å². The van der Waals surface area contributed by atoms with E-state index in [0.717, 1.165) is 37.8 Å². The van der Waals surface area contributed by atoms with Crippen LogP contribution < -0.4 is 4.74 Å². The van der Waals surface area contributed by atoms with Gasteiger partial charge in [0, 0.05) is 25.1 Å². The molecular weight excluding hydrogens is 304 g/mol. The van der Waals surface area contributed by atoms with E-state index >= 15 is 0 Å². The van der Waals surface area contributed by atoms with E-state index in [9.17, 15) is 18.7 Å². The van der Waals surface area contributed by atoms with Crippen LogP contribution in [0.2, 0.25) is 0 Å². The quantitative estimate of drug-likeness (QED) is 0.929. The Morgan fingerprint density at radius 3 is 2.96 bits per heavy atom. The van der Waals surface area contributed by atoms with Crippen molar-refractivity contribution in [3.05, 3.63) is 29.8 Å². The van der Waals surface area contributed by atoms with Gasteiger partial charge < -0.3 is 14.7 Å². The molecule has 2 fully saturated rings. The highest BCUT2D eigenvalue weighted by molar-refractivity contribution is 5.78. The highest BCUT2D eigenvalue weighted by Gasteiger charge is 2.43. The van der Waals surface area contributed by atoms with Gasteiger partial charge in [-0.05, 0) is 31.4 Å². The van der Waals surface area contributed by atoms with Gasteiger partial charge in [0.05, 0.1) is 5.60 Å². The predicted molar refractivity (Wildman–Crippen MR) is 80.0 cm³/mol. The second-order valence-corrected chi connectivity index (χ2v) is 6.50. The molecule has 1 aromatic carbocycles. The Kier molecular flexibility index (Phi) is 4.53. The highest BCUT2D eigenvalue weighted by atomic mass is 19.1. The SMILES string of the molecule is O=C(COc1ccc(F)cc1F)N1CC[C@@]2(O)CCCC[C@H]2C1. The number of piperidine rings is 1. The predicted octanol–water partition coefficient (Wildman–Crippen LogP) is 2.50. The number of hydrogen-bond donors (Lipinski definition) is 1. The van der Waals surface area contributed by atoms with Crippen LogP contribution in [0.25, 0.3) is 0 Å². The lowest BCUT2D eigenvalue weighted by Gasteiger charge is -2.47. The number of hydrogen-bond acceptors (Lipinski definition) is 3. The molecule has 0 bridgehead atoms. The van der Waals surface area contributed by atoms with Crippen molar-refractivity contribution in [2.75, 3.05) is 19.7 Å². The highest BCUT2D eigenvalue weighted by Crippen LogP contribution is 2.39. The van der Waals surface area contributed by atoms with Crippen LogP contribution in [0.15, 0.2) is 18.2 Å². The summed E-state index contributed by atoms with van der Waals surface area (Å²) in [5, 5.41) is 10.6. The molecule has 1 saturated heterocycles. The van der Waals surface area contributed by atoms with Gasteiger partial charge in [-0.1, -0.05) is 12.8 Å². The van der Waals surface area contributed by atoms with Crippen LogP contribution >= 0.6 is 0 Å². The van der Waals surface area contributed by atoms with Crippen molar-refractivity contribution in [2.45, 2.75) is 37.7 Å². The molecule has 1 aromatic rings. The molecule has 23 heavy (non-hydrogen) atoms. The Hall–Kier alpha value is -1.69. The molecule has 1 saturated carbocycles. The molecule has 1 aliphatic heterocycles. The van der Waals surface area contributed by atoms with Gasteiger partial charge in [0.1, 0.15) is 5.82 Å². The van der Waals surface area contributed by atoms with Gasteiger partial charge in [0.15, 0.2) is 18.2 Å². The van der Waals surface area contributed by atoms with Crippen molar-refractivity contribution < 1.29 is 23.4 Å². The van der Waals surface area contributed by atoms with Gasteiger partial charge in [-0.25, -0.2) is 8.78 Å². The molecular formula is C17H21F2NO3. The van der Waals surface area contributed by atoms with E-state index < -0.39 is 17.2 Å². The summed E-state index contributed by atoms with van der Waals surface area (Å²) in [6.07, 6.45) is 4.42. The van der Waals surface area contributed by atoms with E-state index in [0.29, 0.717) is 19.5 Å². The van der Waals surface area contributed by atoms with Crippen LogP contribution in [-0.4, -0.2) is 41.2 Å². The van der Waals surface area contributed by atoms with E-state index in [2.05, 4.69) is 0 Å². The summed E-state index contributed by atoms with van der Waals surface area (Å²) < 4.78 is 31.5. The molecule has 0 unspecified atom stereocenters. The third kappa shape index (κ3) is 3.47. The number of halogens is 2. The molecule has 0 radical (unpaired) electrons. The number of benzene rings is 1. The molecule has 2 aliphatic rings. The number of carbonyl (C=O) groups is 1. The summed E-state index contributed by atoms with van der Waals surface area (Å²) in [6.45, 7) is 0.722. The zero-order valence-corrected chi connectivity index (χ0v) is 12.9. The zero-order chi connectivity index (χ0) is 16.4. The summed E-state index contributed by atoms with van der Waals surface area (Å²) in [4.78, 5) is 13.9. The van der Waals surface area contributed by atoms with Crippen molar-refractivity contribution in [2.24, 2.45) is 5.92 Å². The molecule has 1 aliphatic carbocycles. The van der Waals surface area contributed by atoms with E-state index in [1.165, 1.54) is 6.07 Å². The normalized spacial score (nSPS) is 27.4. The van der Waals surface area contributed by atoms with Gasteiger partial charge in [0.2, 0.25) is 0 Å². The minimum absolute atomic E-state index is 0.108. The van der Waals surface area contributed by atoms with Crippen LogP contribution in [-0.2, 0) is 4.79 Å². The molecule has 3 rings (SSSR count). The van der Waals surface area contributed by atoms with E-state index in [-0.39, 0.29) is 24.2 Å².